The topological polar surface area (TPSA) is 54.4 Å². The van der Waals surface area contributed by atoms with Gasteiger partial charge in [0.15, 0.2) is 0 Å². The second-order valence-corrected chi connectivity index (χ2v) is 13.3. The fourth-order valence-corrected chi connectivity index (χ4v) is 9.32. The summed E-state index contributed by atoms with van der Waals surface area (Å²) in [5.74, 6) is 2.05. The number of carboxylic acids is 1. The maximum absolute atomic E-state index is 12.8. The monoisotopic (exact) mass is 454 g/mol. The van der Waals surface area contributed by atoms with Crippen LogP contribution in [0.4, 0.5) is 0 Å². The van der Waals surface area contributed by atoms with Crippen molar-refractivity contribution in [2.75, 3.05) is 0 Å². The van der Waals surface area contributed by atoms with Crippen LogP contribution in [0.2, 0.25) is 0 Å². The number of carbonyl (C=O) groups is 2. The highest BCUT2D eigenvalue weighted by Gasteiger charge is 2.65. The van der Waals surface area contributed by atoms with E-state index in [1.807, 2.05) is 6.08 Å². The van der Waals surface area contributed by atoms with Gasteiger partial charge in [0, 0.05) is 17.4 Å². The van der Waals surface area contributed by atoms with Crippen LogP contribution in [-0.2, 0) is 9.59 Å². The van der Waals surface area contributed by atoms with Gasteiger partial charge in [-0.3, -0.25) is 4.79 Å². The average molecular weight is 455 g/mol. The first kappa shape index (κ1) is 24.7. The van der Waals surface area contributed by atoms with Gasteiger partial charge in [-0.25, -0.2) is 4.79 Å². The minimum absolute atomic E-state index is 0.203. The highest BCUT2D eigenvalue weighted by Crippen LogP contribution is 2.73. The third kappa shape index (κ3) is 3.50. The molecule has 7 unspecified atom stereocenters. The second kappa shape index (κ2) is 8.09. The van der Waals surface area contributed by atoms with Gasteiger partial charge in [-0.1, -0.05) is 59.3 Å². The Morgan fingerprint density at radius 1 is 1.15 bits per heavy atom. The lowest BCUT2D eigenvalue weighted by atomic mass is 9.41. The van der Waals surface area contributed by atoms with Crippen LogP contribution in [0.3, 0.4) is 0 Å². The zero-order valence-electron chi connectivity index (χ0n) is 22.1. The van der Waals surface area contributed by atoms with Gasteiger partial charge in [-0.05, 0) is 98.2 Å². The number of hydrogen-bond acceptors (Lipinski definition) is 2. The number of aliphatic carboxylic acids is 1. The Morgan fingerprint density at radius 3 is 2.52 bits per heavy atom. The van der Waals surface area contributed by atoms with Crippen molar-refractivity contribution in [3.63, 3.8) is 0 Å². The molecule has 4 aliphatic rings. The molecule has 7 atom stereocenters. The molecule has 0 amide bonds. The maximum Gasteiger partial charge on any atom is 0.330 e. The van der Waals surface area contributed by atoms with E-state index < -0.39 is 5.97 Å². The molecule has 184 valence electrons. The Morgan fingerprint density at radius 2 is 1.85 bits per heavy atom. The van der Waals surface area contributed by atoms with Crippen LogP contribution in [0.5, 0.6) is 0 Å². The fraction of sp³-hybridized carbons (Fsp3) is 0.800. The van der Waals surface area contributed by atoms with Crippen LogP contribution >= 0.6 is 0 Å². The SMILES string of the molecule is C/C(=C/CCC(C)C1CCC2(C)C3=CCC4C(C)(C)C(=O)CCC4(C)C3CCC12C)C(=O)O. The first-order valence-electron chi connectivity index (χ1n) is 13.4. The molecule has 0 aromatic carbocycles. The average Bonchev–Trinajstić information content (AvgIpc) is 3.02. The summed E-state index contributed by atoms with van der Waals surface area (Å²) in [6.45, 7) is 16.2. The van der Waals surface area contributed by atoms with Gasteiger partial charge in [0.1, 0.15) is 5.78 Å². The normalized spacial score (nSPS) is 43.2. The molecule has 3 nitrogen and oxygen atoms in total. The zero-order valence-corrected chi connectivity index (χ0v) is 22.1. The minimum atomic E-state index is -0.801. The Hall–Kier alpha value is -1.38. The quantitative estimate of drug-likeness (QED) is 0.343. The van der Waals surface area contributed by atoms with Gasteiger partial charge in [0.25, 0.3) is 0 Å². The number of ketones is 1. The van der Waals surface area contributed by atoms with Crippen LogP contribution in [-0.4, -0.2) is 16.9 Å². The van der Waals surface area contributed by atoms with Crippen molar-refractivity contribution < 1.29 is 14.7 Å². The van der Waals surface area contributed by atoms with Crippen molar-refractivity contribution >= 4 is 11.8 Å². The molecule has 0 saturated heterocycles. The largest absolute Gasteiger partial charge is 0.478 e. The van der Waals surface area contributed by atoms with Gasteiger partial charge in [-0.15, -0.1) is 0 Å². The highest BCUT2D eigenvalue weighted by atomic mass is 16.4. The molecule has 0 bridgehead atoms. The van der Waals surface area contributed by atoms with Gasteiger partial charge >= 0.3 is 5.97 Å². The summed E-state index contributed by atoms with van der Waals surface area (Å²) in [5, 5.41) is 9.16. The summed E-state index contributed by atoms with van der Waals surface area (Å²) in [7, 11) is 0. The molecule has 0 aliphatic heterocycles. The number of rotatable bonds is 5. The number of Topliss-reactive ketones (excluding diaryl/α,β-unsaturated/α-hetero) is 1. The Labute approximate surface area is 201 Å². The summed E-state index contributed by atoms with van der Waals surface area (Å²) < 4.78 is 0. The van der Waals surface area contributed by atoms with Crippen LogP contribution in [0.15, 0.2) is 23.3 Å². The van der Waals surface area contributed by atoms with E-state index in [0.29, 0.717) is 40.4 Å². The molecule has 0 radical (unpaired) electrons. The summed E-state index contributed by atoms with van der Waals surface area (Å²) >= 11 is 0. The molecule has 0 spiro atoms. The fourth-order valence-electron chi connectivity index (χ4n) is 9.32. The molecule has 0 heterocycles. The first-order valence-corrected chi connectivity index (χ1v) is 13.4. The molecule has 3 fully saturated rings. The lowest BCUT2D eigenvalue weighted by molar-refractivity contribution is -0.146. The molecular formula is C30H46O3. The number of fused-ring (bicyclic) bond motifs is 5. The predicted molar refractivity (Wildman–Crippen MR) is 134 cm³/mol. The molecule has 4 aliphatic carbocycles. The third-order valence-electron chi connectivity index (χ3n) is 11.7. The maximum atomic E-state index is 12.8. The van der Waals surface area contributed by atoms with E-state index in [-0.39, 0.29) is 16.2 Å². The third-order valence-corrected chi connectivity index (χ3v) is 11.7. The Bertz CT molecular complexity index is 894. The van der Waals surface area contributed by atoms with E-state index in [1.165, 1.54) is 25.7 Å². The van der Waals surface area contributed by atoms with Crippen molar-refractivity contribution in [3.05, 3.63) is 23.3 Å². The van der Waals surface area contributed by atoms with Crippen LogP contribution < -0.4 is 0 Å². The van der Waals surface area contributed by atoms with E-state index in [9.17, 15) is 9.59 Å². The standard InChI is InChI=1S/C30H46O3/c1-19(9-8-10-20(2)26(32)33)21-13-17-30(7)23-11-12-24-27(3,4)25(31)15-16-28(24,5)22(23)14-18-29(21,30)6/h10-11,19,21-22,24H,8-9,12-18H2,1-7H3,(H,32,33)/b20-10-. The predicted octanol–water partition coefficient (Wildman–Crippen LogP) is 7.61. The number of carbonyl (C=O) groups excluding carboxylic acids is 1. The molecular weight excluding hydrogens is 408 g/mol. The van der Waals surface area contributed by atoms with Crippen LogP contribution in [0, 0.1) is 45.3 Å². The molecule has 0 aromatic heterocycles. The minimum Gasteiger partial charge on any atom is -0.478 e. The summed E-state index contributed by atoms with van der Waals surface area (Å²) in [5.41, 5.74) is 2.80. The van der Waals surface area contributed by atoms with Gasteiger partial charge in [-0.2, -0.15) is 0 Å². The van der Waals surface area contributed by atoms with Crippen molar-refractivity contribution in [2.45, 2.75) is 106 Å². The van der Waals surface area contributed by atoms with Crippen LogP contribution in [0.1, 0.15) is 106 Å². The van der Waals surface area contributed by atoms with Crippen molar-refractivity contribution in [3.8, 4) is 0 Å². The number of allylic oxidation sites excluding steroid dienone is 3. The highest BCUT2D eigenvalue weighted by molar-refractivity contribution is 5.86. The van der Waals surface area contributed by atoms with E-state index in [2.05, 4.69) is 47.6 Å². The lowest BCUT2D eigenvalue weighted by Gasteiger charge is -2.63. The van der Waals surface area contributed by atoms with E-state index >= 15 is 0 Å². The van der Waals surface area contributed by atoms with Crippen molar-refractivity contribution in [1.29, 1.82) is 0 Å². The molecule has 33 heavy (non-hydrogen) atoms. The smallest absolute Gasteiger partial charge is 0.330 e. The van der Waals surface area contributed by atoms with E-state index in [0.717, 1.165) is 32.1 Å². The van der Waals surface area contributed by atoms with Gasteiger partial charge in [0.2, 0.25) is 0 Å². The summed E-state index contributed by atoms with van der Waals surface area (Å²) in [4.78, 5) is 23.9. The molecule has 3 heteroatoms. The molecule has 0 aromatic rings. The lowest BCUT2D eigenvalue weighted by Crippen LogP contribution is -2.57. The summed E-state index contributed by atoms with van der Waals surface area (Å²) in [6.07, 6.45) is 14.4. The van der Waals surface area contributed by atoms with E-state index in [4.69, 9.17) is 5.11 Å². The Kier molecular flexibility index (Phi) is 6.07. The van der Waals surface area contributed by atoms with Crippen LogP contribution in [0.25, 0.3) is 0 Å². The summed E-state index contributed by atoms with van der Waals surface area (Å²) in [6, 6.07) is 0. The van der Waals surface area contributed by atoms with Gasteiger partial charge < -0.3 is 5.11 Å². The zero-order chi connectivity index (χ0) is 24.4. The van der Waals surface area contributed by atoms with Gasteiger partial charge in [0.05, 0.1) is 0 Å². The Balaban J connectivity index is 1.59. The molecule has 4 rings (SSSR count). The van der Waals surface area contributed by atoms with E-state index in [1.54, 1.807) is 12.5 Å². The molecule has 1 N–H and O–H groups in total. The first-order chi connectivity index (χ1) is 15.3. The van der Waals surface area contributed by atoms with Crippen molar-refractivity contribution in [2.24, 2.45) is 45.3 Å². The number of hydrogen-bond donors (Lipinski definition) is 1. The second-order valence-electron chi connectivity index (χ2n) is 13.3. The molecule has 3 saturated carbocycles. The number of carboxylic acid groups (broad SMARTS) is 1. The van der Waals surface area contributed by atoms with Crippen molar-refractivity contribution in [1.82, 2.24) is 0 Å².